The Labute approximate surface area is 114 Å². The van der Waals surface area contributed by atoms with Crippen molar-refractivity contribution in [2.24, 2.45) is 0 Å². The van der Waals surface area contributed by atoms with Gasteiger partial charge in [-0.2, -0.15) is 0 Å². The quantitative estimate of drug-likeness (QED) is 0.913. The molecule has 1 aromatic heterocycles. The number of aromatic nitrogens is 2. The third kappa shape index (κ3) is 2.87. The van der Waals surface area contributed by atoms with Gasteiger partial charge in [-0.1, -0.05) is 18.2 Å². The maximum Gasteiger partial charge on any atom is 0.0996 e. The topological polar surface area (TPSA) is 38.1 Å². The third-order valence-electron chi connectivity index (χ3n) is 3.64. The average molecular weight is 258 g/mol. The number of aliphatic hydroxyl groups excluding tert-OH is 1. The van der Waals surface area contributed by atoms with E-state index in [0.717, 1.165) is 5.69 Å². The summed E-state index contributed by atoms with van der Waals surface area (Å²) in [6.07, 6.45) is 3.67. The number of rotatable bonds is 4. The molecular weight excluding hydrogens is 236 g/mol. The van der Waals surface area contributed by atoms with Crippen LogP contribution in [0.4, 0.5) is 0 Å². The first kappa shape index (κ1) is 13.8. The molecule has 3 nitrogen and oxygen atoms in total. The van der Waals surface area contributed by atoms with Gasteiger partial charge in [-0.3, -0.25) is 0 Å². The van der Waals surface area contributed by atoms with E-state index < -0.39 is 6.10 Å². The van der Waals surface area contributed by atoms with Crippen LogP contribution in [0.15, 0.2) is 30.7 Å². The maximum atomic E-state index is 10.5. The summed E-state index contributed by atoms with van der Waals surface area (Å²) >= 11 is 0. The number of imidazole rings is 1. The Balaban J connectivity index is 2.26. The Morgan fingerprint density at radius 1 is 1.21 bits per heavy atom. The lowest BCUT2D eigenvalue weighted by Crippen LogP contribution is -2.12. The van der Waals surface area contributed by atoms with Gasteiger partial charge in [0.2, 0.25) is 0 Å². The van der Waals surface area contributed by atoms with Gasteiger partial charge in [-0.15, -0.1) is 0 Å². The minimum atomic E-state index is -0.510. The van der Waals surface area contributed by atoms with Crippen molar-refractivity contribution in [1.82, 2.24) is 9.55 Å². The molecule has 3 heteroatoms. The molecule has 1 N–H and O–H groups in total. The standard InChI is InChI=1S/C16H22N2O/c1-11(2)18-10-17-9-15(18)16(19)8-14-12(3)6-5-7-13(14)4/h5-7,9-11,16,19H,8H2,1-4H3. The second-order valence-electron chi connectivity index (χ2n) is 5.41. The van der Waals surface area contributed by atoms with Crippen LogP contribution in [0.2, 0.25) is 0 Å². The Bertz CT molecular complexity index is 537. The highest BCUT2D eigenvalue weighted by Gasteiger charge is 2.16. The minimum absolute atomic E-state index is 0.310. The van der Waals surface area contributed by atoms with Crippen molar-refractivity contribution in [2.75, 3.05) is 0 Å². The summed E-state index contributed by atoms with van der Waals surface area (Å²) in [6.45, 7) is 8.37. The van der Waals surface area contributed by atoms with Crippen LogP contribution in [0.1, 0.15) is 48.4 Å². The van der Waals surface area contributed by atoms with Crippen LogP contribution < -0.4 is 0 Å². The van der Waals surface area contributed by atoms with Crippen molar-refractivity contribution >= 4 is 0 Å². The number of aryl methyl sites for hydroxylation is 2. The second-order valence-corrected chi connectivity index (χ2v) is 5.41. The van der Waals surface area contributed by atoms with Crippen molar-refractivity contribution in [3.05, 3.63) is 53.1 Å². The van der Waals surface area contributed by atoms with Crippen molar-refractivity contribution in [3.8, 4) is 0 Å². The van der Waals surface area contributed by atoms with E-state index in [1.807, 2.05) is 4.57 Å². The lowest BCUT2D eigenvalue weighted by Gasteiger charge is -2.18. The van der Waals surface area contributed by atoms with Crippen LogP contribution in [-0.2, 0) is 6.42 Å². The molecule has 19 heavy (non-hydrogen) atoms. The van der Waals surface area contributed by atoms with Gasteiger partial charge in [-0.05, 0) is 44.4 Å². The molecule has 0 bridgehead atoms. The lowest BCUT2D eigenvalue weighted by atomic mass is 9.96. The summed E-state index contributed by atoms with van der Waals surface area (Å²) in [6, 6.07) is 6.55. The molecule has 1 unspecified atom stereocenters. The third-order valence-corrected chi connectivity index (χ3v) is 3.64. The first-order valence-corrected chi connectivity index (χ1v) is 6.75. The average Bonchev–Trinajstić information content (AvgIpc) is 2.83. The van der Waals surface area contributed by atoms with Gasteiger partial charge in [0.05, 0.1) is 24.3 Å². The highest BCUT2D eigenvalue weighted by atomic mass is 16.3. The molecular formula is C16H22N2O. The number of nitrogens with zero attached hydrogens (tertiary/aromatic N) is 2. The van der Waals surface area contributed by atoms with Gasteiger partial charge >= 0.3 is 0 Å². The number of aliphatic hydroxyl groups is 1. The predicted molar refractivity (Wildman–Crippen MR) is 77.2 cm³/mol. The van der Waals surface area contributed by atoms with Gasteiger partial charge in [0.25, 0.3) is 0 Å². The Kier molecular flexibility index (Phi) is 4.05. The Morgan fingerprint density at radius 2 is 1.84 bits per heavy atom. The first-order chi connectivity index (χ1) is 9.00. The summed E-state index contributed by atoms with van der Waals surface area (Å²) in [5.74, 6) is 0. The summed E-state index contributed by atoms with van der Waals surface area (Å²) in [7, 11) is 0. The molecule has 102 valence electrons. The molecule has 0 aliphatic rings. The van der Waals surface area contributed by atoms with Crippen molar-refractivity contribution in [1.29, 1.82) is 0 Å². The zero-order chi connectivity index (χ0) is 14.0. The van der Waals surface area contributed by atoms with Crippen LogP contribution in [0.5, 0.6) is 0 Å². The molecule has 1 heterocycles. The number of hydrogen-bond acceptors (Lipinski definition) is 2. The predicted octanol–water partition coefficient (Wildman–Crippen LogP) is 3.36. The molecule has 0 aliphatic heterocycles. The summed E-state index contributed by atoms with van der Waals surface area (Å²) in [5.41, 5.74) is 4.58. The van der Waals surface area contributed by atoms with Crippen LogP contribution in [0, 0.1) is 13.8 Å². The smallest absolute Gasteiger partial charge is 0.0996 e. The second kappa shape index (κ2) is 5.57. The molecule has 0 radical (unpaired) electrons. The zero-order valence-corrected chi connectivity index (χ0v) is 12.1. The van der Waals surface area contributed by atoms with E-state index >= 15 is 0 Å². The van der Waals surface area contributed by atoms with E-state index in [1.165, 1.54) is 16.7 Å². The van der Waals surface area contributed by atoms with Crippen LogP contribution >= 0.6 is 0 Å². The molecule has 0 saturated carbocycles. The molecule has 0 spiro atoms. The van der Waals surface area contributed by atoms with E-state index in [2.05, 4.69) is 50.9 Å². The summed E-state index contributed by atoms with van der Waals surface area (Å²) in [4.78, 5) is 4.15. The molecule has 0 saturated heterocycles. The van der Waals surface area contributed by atoms with Gasteiger partial charge in [-0.25, -0.2) is 4.98 Å². The van der Waals surface area contributed by atoms with Crippen LogP contribution in [-0.4, -0.2) is 14.7 Å². The number of benzene rings is 1. The monoisotopic (exact) mass is 258 g/mol. The largest absolute Gasteiger partial charge is 0.386 e. The van der Waals surface area contributed by atoms with Crippen molar-refractivity contribution in [3.63, 3.8) is 0 Å². The van der Waals surface area contributed by atoms with E-state index in [4.69, 9.17) is 0 Å². The Hall–Kier alpha value is -1.61. The van der Waals surface area contributed by atoms with Gasteiger partial charge in [0.1, 0.15) is 0 Å². The summed E-state index contributed by atoms with van der Waals surface area (Å²) in [5, 5.41) is 10.5. The minimum Gasteiger partial charge on any atom is -0.386 e. The molecule has 1 atom stereocenters. The fraction of sp³-hybridized carbons (Fsp3) is 0.438. The van der Waals surface area contributed by atoms with Gasteiger partial charge in [0, 0.05) is 12.5 Å². The molecule has 0 fully saturated rings. The van der Waals surface area contributed by atoms with E-state index in [-0.39, 0.29) is 0 Å². The van der Waals surface area contributed by atoms with E-state index in [9.17, 15) is 5.11 Å². The van der Waals surface area contributed by atoms with E-state index in [1.54, 1.807) is 12.5 Å². The fourth-order valence-corrected chi connectivity index (χ4v) is 2.47. The molecule has 2 rings (SSSR count). The van der Waals surface area contributed by atoms with Crippen LogP contribution in [0.3, 0.4) is 0 Å². The highest BCUT2D eigenvalue weighted by Crippen LogP contribution is 2.24. The Morgan fingerprint density at radius 3 is 2.42 bits per heavy atom. The van der Waals surface area contributed by atoms with Gasteiger partial charge in [0.15, 0.2) is 0 Å². The molecule has 0 aliphatic carbocycles. The van der Waals surface area contributed by atoms with Crippen molar-refractivity contribution in [2.45, 2.75) is 46.3 Å². The van der Waals surface area contributed by atoms with Gasteiger partial charge < -0.3 is 9.67 Å². The first-order valence-electron chi connectivity index (χ1n) is 6.75. The summed E-state index contributed by atoms with van der Waals surface area (Å²) < 4.78 is 2.03. The lowest BCUT2D eigenvalue weighted by molar-refractivity contribution is 0.166. The molecule has 0 amide bonds. The SMILES string of the molecule is Cc1cccc(C)c1CC(O)c1cncn1C(C)C. The molecule has 2 aromatic rings. The van der Waals surface area contributed by atoms with Crippen LogP contribution in [0.25, 0.3) is 0 Å². The zero-order valence-electron chi connectivity index (χ0n) is 12.1. The number of hydrogen-bond donors (Lipinski definition) is 1. The normalized spacial score (nSPS) is 12.9. The molecule has 1 aromatic carbocycles. The van der Waals surface area contributed by atoms with Crippen molar-refractivity contribution < 1.29 is 5.11 Å². The highest BCUT2D eigenvalue weighted by molar-refractivity contribution is 5.34. The maximum absolute atomic E-state index is 10.5. The van der Waals surface area contributed by atoms with E-state index in [0.29, 0.717) is 12.5 Å². The fourth-order valence-electron chi connectivity index (χ4n) is 2.47.